The van der Waals surface area contributed by atoms with Gasteiger partial charge in [0.1, 0.15) is 6.29 Å². The second kappa shape index (κ2) is 11.7. The van der Waals surface area contributed by atoms with E-state index >= 15 is 0 Å². The van der Waals surface area contributed by atoms with E-state index < -0.39 is 0 Å². The van der Waals surface area contributed by atoms with Gasteiger partial charge in [-0.15, -0.1) is 0 Å². The predicted molar refractivity (Wildman–Crippen MR) is 135 cm³/mol. The molecule has 0 aliphatic carbocycles. The minimum Gasteiger partial charge on any atom is -0.493 e. The third-order valence-electron chi connectivity index (χ3n) is 6.60. The van der Waals surface area contributed by atoms with E-state index in [0.29, 0.717) is 26.0 Å². The van der Waals surface area contributed by atoms with E-state index in [1.807, 2.05) is 18.2 Å². The summed E-state index contributed by atoms with van der Waals surface area (Å²) >= 11 is 0. The number of hydrogen-bond acceptors (Lipinski definition) is 5. The van der Waals surface area contributed by atoms with Gasteiger partial charge in [-0.25, -0.2) is 0 Å². The van der Waals surface area contributed by atoms with Crippen molar-refractivity contribution in [1.29, 1.82) is 0 Å². The number of piperidine rings is 1. The van der Waals surface area contributed by atoms with Crippen LogP contribution in [0.3, 0.4) is 0 Å². The number of benzene rings is 1. The maximum atomic E-state index is 11.5. The number of methoxy groups -OCH3 is 2. The summed E-state index contributed by atoms with van der Waals surface area (Å²) in [5.74, 6) is 2.27. The van der Waals surface area contributed by atoms with Crippen LogP contribution in [0.15, 0.2) is 47.7 Å². The molecule has 2 aliphatic rings. The van der Waals surface area contributed by atoms with Gasteiger partial charge in [0.2, 0.25) is 0 Å². The second-order valence-electron chi connectivity index (χ2n) is 8.41. The maximum absolute atomic E-state index is 11.5. The van der Waals surface area contributed by atoms with Crippen molar-refractivity contribution in [3.05, 3.63) is 53.3 Å². The van der Waals surface area contributed by atoms with Gasteiger partial charge in [0.25, 0.3) is 0 Å². The molecular formula is C26H37N2O3P. The van der Waals surface area contributed by atoms with Crippen LogP contribution in [0.5, 0.6) is 11.5 Å². The summed E-state index contributed by atoms with van der Waals surface area (Å²) in [5, 5.41) is 1.03. The predicted octanol–water partition coefficient (Wildman–Crippen LogP) is 5.15. The molecule has 0 aromatic heterocycles. The number of ether oxygens (including phenoxy) is 2. The van der Waals surface area contributed by atoms with E-state index in [2.05, 4.69) is 43.0 Å². The van der Waals surface area contributed by atoms with Crippen LogP contribution in [-0.2, 0) is 4.79 Å². The molecule has 1 aromatic carbocycles. The maximum Gasteiger partial charge on any atom is 0.161 e. The van der Waals surface area contributed by atoms with E-state index in [-0.39, 0.29) is 5.78 Å². The lowest BCUT2D eigenvalue weighted by atomic mass is 9.87. The molecule has 2 aliphatic heterocycles. The molecule has 2 atom stereocenters. The highest BCUT2D eigenvalue weighted by Gasteiger charge is 2.27. The van der Waals surface area contributed by atoms with Gasteiger partial charge < -0.3 is 19.3 Å². The quantitative estimate of drug-likeness (QED) is 0.292. The molecule has 0 amide bonds. The molecule has 2 unspecified atom stereocenters. The van der Waals surface area contributed by atoms with Crippen LogP contribution in [-0.4, -0.2) is 62.8 Å². The molecule has 0 radical (unpaired) electrons. The van der Waals surface area contributed by atoms with Crippen molar-refractivity contribution in [3.8, 4) is 11.5 Å². The second-order valence-corrected chi connectivity index (χ2v) is 9.78. The summed E-state index contributed by atoms with van der Waals surface area (Å²) in [5.41, 5.74) is 3.91. The number of allylic oxidation sites excluding steroid dienone is 3. The van der Waals surface area contributed by atoms with E-state index in [4.69, 9.17) is 9.47 Å². The molecule has 174 valence electrons. The smallest absolute Gasteiger partial charge is 0.161 e. The summed E-state index contributed by atoms with van der Waals surface area (Å²) in [7, 11) is 5.90. The van der Waals surface area contributed by atoms with Crippen LogP contribution >= 0.6 is 8.58 Å². The lowest BCUT2D eigenvalue weighted by molar-refractivity contribution is -0.104. The Morgan fingerprint density at radius 1 is 1.16 bits per heavy atom. The van der Waals surface area contributed by atoms with Crippen LogP contribution in [0.2, 0.25) is 0 Å². The van der Waals surface area contributed by atoms with Gasteiger partial charge in [-0.05, 0) is 85.0 Å². The van der Waals surface area contributed by atoms with E-state index in [0.717, 1.165) is 30.1 Å². The average molecular weight is 457 g/mol. The van der Waals surface area contributed by atoms with Crippen molar-refractivity contribution < 1.29 is 14.3 Å². The number of likely N-dealkylation sites (N-methyl/N-ethyl adjacent to an activating group) is 1. The highest BCUT2D eigenvalue weighted by Crippen LogP contribution is 2.46. The summed E-state index contributed by atoms with van der Waals surface area (Å²) in [6.07, 6.45) is 10.8. The molecule has 2 heterocycles. The van der Waals surface area contributed by atoms with Crippen LogP contribution < -0.4 is 9.47 Å². The fourth-order valence-corrected chi connectivity index (χ4v) is 6.18. The number of rotatable bonds is 9. The van der Waals surface area contributed by atoms with Crippen molar-refractivity contribution >= 4 is 20.2 Å². The Morgan fingerprint density at radius 3 is 2.47 bits per heavy atom. The van der Waals surface area contributed by atoms with Crippen molar-refractivity contribution in [2.45, 2.75) is 38.9 Å². The number of nitrogens with zero attached hydrogens (tertiary/aromatic N) is 2. The molecule has 1 aromatic rings. The lowest BCUT2D eigenvalue weighted by Gasteiger charge is -2.38. The normalized spacial score (nSPS) is 21.0. The van der Waals surface area contributed by atoms with Crippen LogP contribution in [0.1, 0.15) is 38.7 Å². The first-order valence-corrected chi connectivity index (χ1v) is 12.6. The molecule has 3 rings (SSSR count). The van der Waals surface area contributed by atoms with Crippen LogP contribution in [0.4, 0.5) is 0 Å². The number of carbonyl (C=O) groups excluding carboxylic acids is 1. The monoisotopic (exact) mass is 456 g/mol. The topological polar surface area (TPSA) is 42.0 Å². The zero-order valence-corrected chi connectivity index (χ0v) is 21.1. The summed E-state index contributed by atoms with van der Waals surface area (Å²) in [6.45, 7) is 8.01. The van der Waals surface area contributed by atoms with Crippen LogP contribution in [0, 0.1) is 5.92 Å². The number of carbonyl (C=O) groups is 1. The van der Waals surface area contributed by atoms with Crippen LogP contribution in [0.25, 0.3) is 5.31 Å². The molecule has 6 heteroatoms. The Labute approximate surface area is 194 Å². The molecule has 5 nitrogen and oxygen atoms in total. The fraction of sp³-hybridized carbons (Fsp3) is 0.500. The largest absolute Gasteiger partial charge is 0.493 e. The highest BCUT2D eigenvalue weighted by atomic mass is 31.1. The number of aldehydes is 1. The summed E-state index contributed by atoms with van der Waals surface area (Å²) in [4.78, 5) is 16.4. The summed E-state index contributed by atoms with van der Waals surface area (Å²) in [6, 6.07) is 5.87. The van der Waals surface area contributed by atoms with Crippen molar-refractivity contribution in [3.63, 3.8) is 0 Å². The first-order valence-electron chi connectivity index (χ1n) is 11.5. The van der Waals surface area contributed by atoms with E-state index in [9.17, 15) is 4.79 Å². The Balaban J connectivity index is 1.81. The van der Waals surface area contributed by atoms with Gasteiger partial charge >= 0.3 is 0 Å². The standard InChI is InChI=1S/C26H37N2O3P/c1-6-19-16-22(20-10-13-28(7-2)14-11-20)18-27(3)26(19)32-25(12-15-29)21-8-9-23(30-4)24(17-21)31-5/h8-9,12,15-18,20,26,32H,6-7,10-11,13-14H2,1-5H3/b25-12-. The molecule has 0 bridgehead atoms. The Kier molecular flexibility index (Phi) is 8.95. The zero-order valence-electron chi connectivity index (χ0n) is 20.1. The third kappa shape index (κ3) is 5.63. The Bertz CT molecular complexity index is 885. The molecular weight excluding hydrogens is 419 g/mol. The molecule has 1 fully saturated rings. The fourth-order valence-electron chi connectivity index (χ4n) is 4.64. The number of hydrogen-bond donors (Lipinski definition) is 0. The van der Waals surface area contributed by atoms with Gasteiger partial charge in [0.15, 0.2) is 11.5 Å². The van der Waals surface area contributed by atoms with Gasteiger partial charge in [-0.1, -0.05) is 34.6 Å². The first-order chi connectivity index (χ1) is 15.5. The minimum absolute atomic E-state index is 0.263. The lowest BCUT2D eigenvalue weighted by Crippen LogP contribution is -2.35. The van der Waals surface area contributed by atoms with E-state index in [1.54, 1.807) is 20.3 Å². The van der Waals surface area contributed by atoms with Gasteiger partial charge in [-0.3, -0.25) is 4.79 Å². The molecule has 32 heavy (non-hydrogen) atoms. The van der Waals surface area contributed by atoms with Gasteiger partial charge in [-0.2, -0.15) is 0 Å². The molecule has 0 N–H and O–H groups in total. The SMILES string of the molecule is CCC1=CC(C2CCN(CC)CC2)=CN(C)C1P/C(=C\C=O)c1ccc(OC)c(OC)c1. The van der Waals surface area contributed by atoms with Crippen molar-refractivity contribution in [2.75, 3.05) is 40.9 Å². The van der Waals surface area contributed by atoms with E-state index in [1.165, 1.54) is 37.1 Å². The van der Waals surface area contributed by atoms with Gasteiger partial charge in [0.05, 0.1) is 20.0 Å². The molecule has 0 spiro atoms. The first kappa shape index (κ1) is 24.5. The van der Waals surface area contributed by atoms with Gasteiger partial charge in [0, 0.05) is 13.2 Å². The van der Waals surface area contributed by atoms with Crippen molar-refractivity contribution in [1.82, 2.24) is 9.80 Å². The Morgan fingerprint density at radius 2 is 1.88 bits per heavy atom. The molecule has 1 saturated heterocycles. The Hall–Kier alpha value is -2.10. The average Bonchev–Trinajstić information content (AvgIpc) is 2.84. The zero-order chi connectivity index (χ0) is 23.1. The van der Waals surface area contributed by atoms with Crippen molar-refractivity contribution in [2.24, 2.45) is 5.92 Å². The molecule has 0 saturated carbocycles. The third-order valence-corrected chi connectivity index (χ3v) is 8.42. The number of likely N-dealkylation sites (tertiary alicyclic amines) is 1. The minimum atomic E-state index is 0.263. The highest BCUT2D eigenvalue weighted by molar-refractivity contribution is 7.51. The summed E-state index contributed by atoms with van der Waals surface area (Å²) < 4.78 is 10.9.